The van der Waals surface area contributed by atoms with Crippen LogP contribution in [-0.4, -0.2) is 17.7 Å². The van der Waals surface area contributed by atoms with Crippen LogP contribution in [-0.2, 0) is 17.8 Å². The van der Waals surface area contributed by atoms with Crippen LogP contribution >= 0.6 is 0 Å². The molecule has 0 bridgehead atoms. The molecule has 0 saturated carbocycles. The summed E-state index contributed by atoms with van der Waals surface area (Å²) in [5.74, 6) is -0.912. The maximum atomic E-state index is 13.8. The lowest BCUT2D eigenvalue weighted by Crippen LogP contribution is -2.29. The van der Waals surface area contributed by atoms with Crippen LogP contribution < -0.4 is 10.8 Å². The molecular weight excluding hydrogens is 355 g/mol. The number of benzene rings is 2. The zero-order valence-corrected chi connectivity index (χ0v) is 17.0. The fraction of sp³-hybridized carbons (Fsp3) is 0.435. The molecule has 0 unspecified atom stereocenters. The zero-order chi connectivity index (χ0) is 20.5. The molecule has 0 saturated heterocycles. The molecule has 4 nitrogen and oxygen atoms in total. The summed E-state index contributed by atoms with van der Waals surface area (Å²) in [7, 11) is 0. The second-order valence-corrected chi connectivity index (χ2v) is 7.58. The number of carbonyl (C=O) groups is 1. The Morgan fingerprint density at radius 2 is 1.79 bits per heavy atom. The average Bonchev–Trinajstić information content (AvgIpc) is 2.67. The molecule has 0 aromatic heterocycles. The largest absolute Gasteiger partial charge is 0.313 e. The fourth-order valence-electron chi connectivity index (χ4n) is 3.55. The highest BCUT2D eigenvalue weighted by molar-refractivity contribution is 5.77. The minimum absolute atomic E-state index is 0.202. The zero-order valence-electron chi connectivity index (χ0n) is 17.0. The number of carbonyl (C=O) groups excluding carboxylic acids is 1. The Kier molecular flexibility index (Phi) is 8.61. The van der Waals surface area contributed by atoms with E-state index in [2.05, 4.69) is 36.5 Å². The average molecular weight is 387 g/mol. The van der Waals surface area contributed by atoms with E-state index in [1.807, 2.05) is 0 Å². The van der Waals surface area contributed by atoms with E-state index < -0.39 is 0 Å². The molecule has 2 rings (SSSR count). The summed E-state index contributed by atoms with van der Waals surface area (Å²) in [5, 5.41) is 12.5. The Labute approximate surface area is 167 Å². The predicted octanol–water partition coefficient (Wildman–Crippen LogP) is 4.38. The highest BCUT2D eigenvalue weighted by atomic mass is 19.1. The number of hydroxylamine groups is 1. The van der Waals surface area contributed by atoms with Gasteiger partial charge in [-0.25, -0.2) is 9.87 Å². The Hall–Kier alpha value is -2.24. The van der Waals surface area contributed by atoms with Gasteiger partial charge < -0.3 is 5.32 Å². The summed E-state index contributed by atoms with van der Waals surface area (Å²) < 4.78 is 13.8. The molecule has 0 aliphatic carbocycles. The molecular formula is C23H31FN2O2. The second kappa shape index (κ2) is 10.9. The van der Waals surface area contributed by atoms with Gasteiger partial charge in [0.05, 0.1) is 0 Å². The number of unbranched alkanes of at least 4 members (excludes halogenated alkanes) is 1. The highest BCUT2D eigenvalue weighted by Crippen LogP contribution is 2.20. The monoisotopic (exact) mass is 386 g/mol. The maximum absolute atomic E-state index is 13.8. The van der Waals surface area contributed by atoms with E-state index in [1.165, 1.54) is 11.1 Å². The lowest BCUT2D eigenvalue weighted by atomic mass is 9.91. The smallest absolute Gasteiger partial charge is 0.246 e. The number of aryl methyl sites for hydroxylation is 3. The minimum Gasteiger partial charge on any atom is -0.313 e. The van der Waals surface area contributed by atoms with Crippen molar-refractivity contribution in [3.8, 4) is 0 Å². The van der Waals surface area contributed by atoms with E-state index >= 15 is 0 Å². The van der Waals surface area contributed by atoms with Crippen molar-refractivity contribution in [3.63, 3.8) is 0 Å². The Morgan fingerprint density at radius 1 is 1.07 bits per heavy atom. The number of hydrogen-bond donors (Lipinski definition) is 3. The van der Waals surface area contributed by atoms with Gasteiger partial charge in [0.25, 0.3) is 0 Å². The van der Waals surface area contributed by atoms with E-state index in [9.17, 15) is 9.18 Å². The molecule has 3 N–H and O–H groups in total. The first kappa shape index (κ1) is 22.1. The first-order valence-corrected chi connectivity index (χ1v) is 9.86. The predicted molar refractivity (Wildman–Crippen MR) is 110 cm³/mol. The third kappa shape index (κ3) is 6.73. The van der Waals surface area contributed by atoms with Gasteiger partial charge in [0.15, 0.2) is 0 Å². The first-order chi connectivity index (χ1) is 13.4. The van der Waals surface area contributed by atoms with Crippen molar-refractivity contribution in [1.29, 1.82) is 0 Å². The van der Waals surface area contributed by atoms with Crippen molar-refractivity contribution < 1.29 is 14.4 Å². The molecule has 152 valence electrons. The summed E-state index contributed by atoms with van der Waals surface area (Å²) in [4.78, 5) is 12.0. The van der Waals surface area contributed by atoms with Crippen LogP contribution in [0.25, 0.3) is 0 Å². The lowest BCUT2D eigenvalue weighted by molar-refractivity contribution is -0.133. The van der Waals surface area contributed by atoms with Gasteiger partial charge in [-0.2, -0.15) is 0 Å². The quantitative estimate of drug-likeness (QED) is 0.323. The third-order valence-corrected chi connectivity index (χ3v) is 5.03. The van der Waals surface area contributed by atoms with Gasteiger partial charge in [0, 0.05) is 12.5 Å². The number of hydrogen-bond acceptors (Lipinski definition) is 3. The van der Waals surface area contributed by atoms with Crippen molar-refractivity contribution in [2.45, 2.75) is 53.0 Å². The van der Waals surface area contributed by atoms with Crippen molar-refractivity contribution in [2.75, 3.05) is 6.54 Å². The summed E-state index contributed by atoms with van der Waals surface area (Å²) in [6.07, 6.45) is 2.99. The van der Waals surface area contributed by atoms with Gasteiger partial charge in [-0.15, -0.1) is 0 Å². The maximum Gasteiger partial charge on any atom is 0.246 e. The van der Waals surface area contributed by atoms with Crippen LogP contribution in [0.1, 0.15) is 47.1 Å². The Bertz CT molecular complexity index is 769. The molecule has 2 aromatic carbocycles. The van der Waals surface area contributed by atoms with Crippen LogP contribution in [0.4, 0.5) is 4.39 Å². The summed E-state index contributed by atoms with van der Waals surface area (Å²) in [5.41, 5.74) is 6.38. The lowest BCUT2D eigenvalue weighted by Gasteiger charge is -2.16. The summed E-state index contributed by atoms with van der Waals surface area (Å²) in [6.45, 7) is 7.24. The standard InChI is InChI=1S/C23H31FN2O2/c1-16-7-6-8-19(11-16)15-25-10-5-4-9-21(23(27)26-28)14-20-12-17(2)22(24)18(3)13-20/h6-8,11-13,21,25,28H,4-5,9-10,14-15H2,1-3H3,(H,26,27)/t21-/m0/s1. The van der Waals surface area contributed by atoms with Gasteiger partial charge in [0.2, 0.25) is 5.91 Å². The van der Waals surface area contributed by atoms with E-state index in [0.29, 0.717) is 24.0 Å². The van der Waals surface area contributed by atoms with Gasteiger partial charge in [-0.3, -0.25) is 10.0 Å². The molecule has 0 fully saturated rings. The van der Waals surface area contributed by atoms with Crippen LogP contribution in [0.15, 0.2) is 36.4 Å². The fourth-order valence-corrected chi connectivity index (χ4v) is 3.55. The number of nitrogens with one attached hydrogen (secondary N) is 2. The van der Waals surface area contributed by atoms with Crippen molar-refractivity contribution in [3.05, 3.63) is 70.0 Å². The summed E-state index contributed by atoms with van der Waals surface area (Å²) >= 11 is 0. The molecule has 1 atom stereocenters. The van der Waals surface area contributed by atoms with Crippen molar-refractivity contribution in [2.24, 2.45) is 5.92 Å². The van der Waals surface area contributed by atoms with Crippen LogP contribution in [0.2, 0.25) is 0 Å². The van der Waals surface area contributed by atoms with Crippen molar-refractivity contribution in [1.82, 2.24) is 10.8 Å². The van der Waals surface area contributed by atoms with E-state index in [4.69, 9.17) is 5.21 Å². The van der Waals surface area contributed by atoms with Crippen LogP contribution in [0.3, 0.4) is 0 Å². The van der Waals surface area contributed by atoms with E-state index in [0.717, 1.165) is 31.5 Å². The van der Waals surface area contributed by atoms with Crippen LogP contribution in [0, 0.1) is 32.5 Å². The normalized spacial score (nSPS) is 12.0. The minimum atomic E-state index is -0.382. The highest BCUT2D eigenvalue weighted by Gasteiger charge is 2.19. The van der Waals surface area contributed by atoms with Gasteiger partial charge in [-0.05, 0) is 68.8 Å². The van der Waals surface area contributed by atoms with Gasteiger partial charge in [-0.1, -0.05) is 48.4 Å². The SMILES string of the molecule is Cc1cccc(CNCCCC[C@@H](Cc2cc(C)c(F)c(C)c2)C(=O)NO)c1. The molecule has 0 spiro atoms. The van der Waals surface area contributed by atoms with Gasteiger partial charge >= 0.3 is 0 Å². The van der Waals surface area contributed by atoms with Crippen LogP contribution in [0.5, 0.6) is 0 Å². The molecule has 0 heterocycles. The molecule has 5 heteroatoms. The topological polar surface area (TPSA) is 61.4 Å². The van der Waals surface area contributed by atoms with E-state index in [1.54, 1.807) is 31.5 Å². The molecule has 0 aliphatic rings. The molecule has 28 heavy (non-hydrogen) atoms. The first-order valence-electron chi connectivity index (χ1n) is 9.86. The van der Waals surface area contributed by atoms with Gasteiger partial charge in [0.1, 0.15) is 5.82 Å². The molecule has 0 radical (unpaired) electrons. The molecule has 2 aromatic rings. The number of amides is 1. The second-order valence-electron chi connectivity index (χ2n) is 7.58. The third-order valence-electron chi connectivity index (χ3n) is 5.03. The summed E-state index contributed by atoms with van der Waals surface area (Å²) in [6, 6.07) is 12.0. The Balaban J connectivity index is 1.80. The Morgan fingerprint density at radius 3 is 2.43 bits per heavy atom. The van der Waals surface area contributed by atoms with E-state index in [-0.39, 0.29) is 17.6 Å². The number of rotatable bonds is 10. The molecule has 1 amide bonds. The van der Waals surface area contributed by atoms with Crippen molar-refractivity contribution >= 4 is 5.91 Å². The molecule has 0 aliphatic heterocycles. The number of halogens is 1.